The van der Waals surface area contributed by atoms with Gasteiger partial charge >= 0.3 is 5.97 Å². The van der Waals surface area contributed by atoms with Gasteiger partial charge < -0.3 is 15.0 Å². The number of ether oxygens (including phenoxy) is 1. The third-order valence-corrected chi connectivity index (χ3v) is 4.38. The van der Waals surface area contributed by atoms with E-state index in [9.17, 15) is 4.79 Å². The highest BCUT2D eigenvalue weighted by Crippen LogP contribution is 2.30. The number of carbonyl (C=O) groups is 1. The fraction of sp³-hybridized carbons (Fsp3) is 0.688. The van der Waals surface area contributed by atoms with E-state index in [4.69, 9.17) is 4.74 Å². The highest BCUT2D eigenvalue weighted by atomic mass is 16.5. The zero-order valence-corrected chi connectivity index (χ0v) is 12.7. The number of nitrogens with one attached hydrogen (secondary N) is 2. The van der Waals surface area contributed by atoms with E-state index in [1.54, 1.807) is 6.07 Å². The third-order valence-electron chi connectivity index (χ3n) is 4.38. The summed E-state index contributed by atoms with van der Waals surface area (Å²) in [6.07, 6.45) is 5.26. The molecule has 4 nitrogen and oxygen atoms in total. The van der Waals surface area contributed by atoms with Gasteiger partial charge in [-0.1, -0.05) is 26.7 Å². The Labute approximate surface area is 121 Å². The van der Waals surface area contributed by atoms with Crippen LogP contribution in [0.2, 0.25) is 0 Å². The second-order valence-corrected chi connectivity index (χ2v) is 6.07. The van der Waals surface area contributed by atoms with Crippen molar-refractivity contribution in [1.82, 2.24) is 10.3 Å². The quantitative estimate of drug-likeness (QED) is 0.814. The van der Waals surface area contributed by atoms with Crippen LogP contribution < -0.4 is 5.32 Å². The molecular weight excluding hydrogens is 252 g/mol. The average Bonchev–Trinajstić information content (AvgIpc) is 2.93. The van der Waals surface area contributed by atoms with Crippen LogP contribution in [0.3, 0.4) is 0 Å². The number of H-pyrrole nitrogens is 1. The molecule has 0 aliphatic heterocycles. The Morgan fingerprint density at radius 3 is 2.85 bits per heavy atom. The van der Waals surface area contributed by atoms with E-state index in [1.807, 2.05) is 6.07 Å². The molecule has 112 valence electrons. The lowest BCUT2D eigenvalue weighted by atomic mass is 9.78. The molecule has 1 aromatic rings. The number of methoxy groups -OCH3 is 1. The van der Waals surface area contributed by atoms with Gasteiger partial charge in [-0.05, 0) is 36.8 Å². The van der Waals surface area contributed by atoms with Gasteiger partial charge in [0.25, 0.3) is 0 Å². The van der Waals surface area contributed by atoms with Crippen molar-refractivity contribution in [3.8, 4) is 0 Å². The van der Waals surface area contributed by atoms with Crippen LogP contribution >= 0.6 is 0 Å². The van der Waals surface area contributed by atoms with Crippen LogP contribution in [-0.4, -0.2) is 24.1 Å². The summed E-state index contributed by atoms with van der Waals surface area (Å²) in [4.78, 5) is 14.5. The van der Waals surface area contributed by atoms with Crippen LogP contribution in [0.1, 0.15) is 55.7 Å². The fourth-order valence-electron chi connectivity index (χ4n) is 3.22. The minimum atomic E-state index is -0.311. The van der Waals surface area contributed by atoms with Gasteiger partial charge in [0.2, 0.25) is 0 Å². The smallest absolute Gasteiger partial charge is 0.354 e. The molecule has 1 saturated carbocycles. The van der Waals surface area contributed by atoms with Gasteiger partial charge in [0, 0.05) is 18.3 Å². The average molecular weight is 278 g/mol. The summed E-state index contributed by atoms with van der Waals surface area (Å²) < 4.78 is 4.70. The number of rotatable bonds is 5. The summed E-state index contributed by atoms with van der Waals surface area (Å²) in [6, 6.07) is 4.32. The largest absolute Gasteiger partial charge is 0.464 e. The summed E-state index contributed by atoms with van der Waals surface area (Å²) in [5.74, 6) is 1.18. The Balaban J connectivity index is 1.90. The number of esters is 1. The molecule has 0 aromatic carbocycles. The maximum Gasteiger partial charge on any atom is 0.354 e. The van der Waals surface area contributed by atoms with E-state index in [0.29, 0.717) is 11.7 Å². The van der Waals surface area contributed by atoms with Gasteiger partial charge in [-0.15, -0.1) is 0 Å². The van der Waals surface area contributed by atoms with Crippen molar-refractivity contribution < 1.29 is 9.53 Å². The maximum atomic E-state index is 11.4. The summed E-state index contributed by atoms with van der Waals surface area (Å²) >= 11 is 0. The van der Waals surface area contributed by atoms with Crippen molar-refractivity contribution in [3.63, 3.8) is 0 Å². The normalized spacial score (nSPS) is 23.0. The molecule has 0 radical (unpaired) electrons. The summed E-state index contributed by atoms with van der Waals surface area (Å²) in [5, 5.41) is 3.66. The molecule has 0 amide bonds. The molecule has 0 bridgehead atoms. The van der Waals surface area contributed by atoms with Gasteiger partial charge in [0.1, 0.15) is 5.69 Å². The van der Waals surface area contributed by atoms with Crippen molar-refractivity contribution >= 4 is 5.97 Å². The van der Waals surface area contributed by atoms with Crippen LogP contribution in [0.25, 0.3) is 0 Å². The molecule has 1 fully saturated rings. The van der Waals surface area contributed by atoms with Crippen LogP contribution in [0.5, 0.6) is 0 Å². The molecule has 0 saturated heterocycles. The first-order valence-electron chi connectivity index (χ1n) is 7.61. The van der Waals surface area contributed by atoms with Gasteiger partial charge in [0.15, 0.2) is 0 Å². The van der Waals surface area contributed by atoms with E-state index in [-0.39, 0.29) is 5.97 Å². The zero-order valence-electron chi connectivity index (χ0n) is 12.7. The van der Waals surface area contributed by atoms with Crippen LogP contribution in [0, 0.1) is 11.8 Å². The summed E-state index contributed by atoms with van der Waals surface area (Å²) in [5.41, 5.74) is 1.56. The van der Waals surface area contributed by atoms with E-state index in [1.165, 1.54) is 32.8 Å². The van der Waals surface area contributed by atoms with Crippen LogP contribution in [0.4, 0.5) is 0 Å². The van der Waals surface area contributed by atoms with Crippen molar-refractivity contribution in [1.29, 1.82) is 0 Å². The number of aromatic amines is 1. The highest BCUT2D eigenvalue weighted by Gasteiger charge is 2.27. The Kier molecular flexibility index (Phi) is 5.24. The van der Waals surface area contributed by atoms with Crippen molar-refractivity contribution in [2.45, 2.75) is 52.1 Å². The second kappa shape index (κ2) is 6.93. The molecule has 2 rings (SSSR count). The molecule has 1 aromatic heterocycles. The summed E-state index contributed by atoms with van der Waals surface area (Å²) in [6.45, 7) is 5.41. The monoisotopic (exact) mass is 278 g/mol. The predicted molar refractivity (Wildman–Crippen MR) is 79.6 cm³/mol. The first-order valence-corrected chi connectivity index (χ1v) is 7.61. The van der Waals surface area contributed by atoms with Gasteiger partial charge in [-0.3, -0.25) is 0 Å². The second-order valence-electron chi connectivity index (χ2n) is 6.07. The third kappa shape index (κ3) is 3.63. The Morgan fingerprint density at radius 2 is 2.15 bits per heavy atom. The van der Waals surface area contributed by atoms with Gasteiger partial charge in [-0.25, -0.2) is 4.79 Å². The zero-order chi connectivity index (χ0) is 14.5. The highest BCUT2D eigenvalue weighted by molar-refractivity contribution is 5.87. The number of hydrogen-bond donors (Lipinski definition) is 2. The molecule has 1 aliphatic rings. The SMILES string of the molecule is COC(=O)c1ccc(CNC2CCCCC2C(C)C)[nH]1. The Bertz CT molecular complexity index is 439. The van der Waals surface area contributed by atoms with E-state index >= 15 is 0 Å². The van der Waals surface area contributed by atoms with Gasteiger partial charge in [-0.2, -0.15) is 0 Å². The number of carbonyl (C=O) groups excluding carboxylic acids is 1. The van der Waals surface area contributed by atoms with Crippen LogP contribution in [0.15, 0.2) is 12.1 Å². The first-order chi connectivity index (χ1) is 9.61. The molecule has 0 spiro atoms. The molecule has 4 heteroatoms. The lowest BCUT2D eigenvalue weighted by Crippen LogP contribution is -2.40. The molecule has 1 heterocycles. The molecule has 1 aliphatic carbocycles. The standard InChI is InChI=1S/C16H26N2O2/c1-11(2)13-6-4-5-7-14(13)17-10-12-8-9-15(18-12)16(19)20-3/h8-9,11,13-14,17-18H,4-7,10H2,1-3H3. The minimum Gasteiger partial charge on any atom is -0.464 e. The lowest BCUT2D eigenvalue weighted by molar-refractivity contribution is 0.0594. The van der Waals surface area contributed by atoms with E-state index < -0.39 is 0 Å². The Morgan fingerprint density at radius 1 is 1.40 bits per heavy atom. The number of hydrogen-bond acceptors (Lipinski definition) is 3. The first kappa shape index (κ1) is 15.1. The van der Waals surface area contributed by atoms with E-state index in [2.05, 4.69) is 24.1 Å². The minimum absolute atomic E-state index is 0.311. The van der Waals surface area contributed by atoms with Crippen molar-refractivity contribution in [3.05, 3.63) is 23.5 Å². The topological polar surface area (TPSA) is 54.1 Å². The molecule has 2 atom stereocenters. The van der Waals surface area contributed by atoms with Crippen molar-refractivity contribution in [2.75, 3.05) is 7.11 Å². The fourth-order valence-corrected chi connectivity index (χ4v) is 3.22. The Hall–Kier alpha value is -1.29. The molecule has 20 heavy (non-hydrogen) atoms. The molecular formula is C16H26N2O2. The van der Waals surface area contributed by atoms with Crippen molar-refractivity contribution in [2.24, 2.45) is 11.8 Å². The van der Waals surface area contributed by atoms with Crippen LogP contribution in [-0.2, 0) is 11.3 Å². The maximum absolute atomic E-state index is 11.4. The van der Waals surface area contributed by atoms with Gasteiger partial charge in [0.05, 0.1) is 7.11 Å². The summed E-state index contributed by atoms with van der Waals surface area (Å²) in [7, 11) is 1.40. The number of aromatic nitrogens is 1. The van der Waals surface area contributed by atoms with E-state index in [0.717, 1.165) is 24.1 Å². The molecule has 2 unspecified atom stereocenters. The lowest BCUT2D eigenvalue weighted by Gasteiger charge is -2.35. The predicted octanol–water partition coefficient (Wildman–Crippen LogP) is 3.11. The molecule has 2 N–H and O–H groups in total.